The number of aromatic nitrogens is 1. The molecule has 0 aliphatic heterocycles. The lowest BCUT2D eigenvalue weighted by Crippen LogP contribution is -1.89. The van der Waals surface area contributed by atoms with Gasteiger partial charge in [0.25, 0.3) is 0 Å². The van der Waals surface area contributed by atoms with Crippen molar-refractivity contribution in [3.05, 3.63) is 51.1 Å². The van der Waals surface area contributed by atoms with Gasteiger partial charge in [-0.25, -0.2) is 4.98 Å². The van der Waals surface area contributed by atoms with Crippen LogP contribution in [0, 0.1) is 0 Å². The van der Waals surface area contributed by atoms with Crippen molar-refractivity contribution in [3.63, 3.8) is 0 Å². The molecule has 1 aromatic carbocycles. The highest BCUT2D eigenvalue weighted by Gasteiger charge is 2.08. The Balaban J connectivity index is 2.59. The number of rotatable bonds is 2. The van der Waals surface area contributed by atoms with Crippen LogP contribution in [-0.2, 0) is 0 Å². The fourth-order valence-corrected chi connectivity index (χ4v) is 2.14. The summed E-state index contributed by atoms with van der Waals surface area (Å²) >= 11 is 17.7. The first-order valence-corrected chi connectivity index (χ1v) is 5.82. The smallest absolute Gasteiger partial charge is 0.150 e. The van der Waals surface area contributed by atoms with Gasteiger partial charge in [0, 0.05) is 16.1 Å². The molecule has 0 atom stereocenters. The van der Waals surface area contributed by atoms with E-state index < -0.39 is 0 Å². The fourth-order valence-electron chi connectivity index (χ4n) is 1.42. The van der Waals surface area contributed by atoms with Gasteiger partial charge in [-0.05, 0) is 30.3 Å². The van der Waals surface area contributed by atoms with Crippen LogP contribution in [0.5, 0.6) is 0 Å². The van der Waals surface area contributed by atoms with Gasteiger partial charge in [0.05, 0.1) is 10.7 Å². The van der Waals surface area contributed by atoms with Crippen LogP contribution >= 0.6 is 34.8 Å². The van der Waals surface area contributed by atoms with Crippen molar-refractivity contribution in [1.82, 2.24) is 4.98 Å². The van der Waals surface area contributed by atoms with Crippen LogP contribution < -0.4 is 0 Å². The molecule has 5 heteroatoms. The number of aldehydes is 1. The number of nitrogens with zero attached hydrogens (tertiary/aromatic N) is 1. The van der Waals surface area contributed by atoms with Crippen LogP contribution in [0.1, 0.15) is 10.4 Å². The summed E-state index contributed by atoms with van der Waals surface area (Å²) in [4.78, 5) is 14.9. The molecule has 17 heavy (non-hydrogen) atoms. The average molecular weight is 287 g/mol. The van der Waals surface area contributed by atoms with Gasteiger partial charge in [-0.2, -0.15) is 0 Å². The number of carbonyl (C=O) groups excluding carboxylic acids is 1. The monoisotopic (exact) mass is 285 g/mol. The molecular weight excluding hydrogens is 280 g/mol. The van der Waals surface area contributed by atoms with Crippen LogP contribution in [0.25, 0.3) is 11.3 Å². The predicted molar refractivity (Wildman–Crippen MR) is 70.1 cm³/mol. The maximum atomic E-state index is 10.7. The molecule has 0 saturated heterocycles. The highest BCUT2D eigenvalue weighted by atomic mass is 35.5. The van der Waals surface area contributed by atoms with Crippen molar-refractivity contribution in [2.24, 2.45) is 0 Å². The molecule has 0 N–H and O–H groups in total. The number of carbonyl (C=O) groups is 1. The molecule has 0 radical (unpaired) electrons. The van der Waals surface area contributed by atoms with Crippen molar-refractivity contribution in [2.45, 2.75) is 0 Å². The summed E-state index contributed by atoms with van der Waals surface area (Å²) in [5.74, 6) is 0. The van der Waals surface area contributed by atoms with Crippen LogP contribution in [0.4, 0.5) is 0 Å². The van der Waals surface area contributed by atoms with Crippen LogP contribution in [0.2, 0.25) is 15.2 Å². The van der Waals surface area contributed by atoms with E-state index in [2.05, 4.69) is 4.98 Å². The molecule has 0 amide bonds. The van der Waals surface area contributed by atoms with Crippen LogP contribution in [0.3, 0.4) is 0 Å². The quantitative estimate of drug-likeness (QED) is 0.600. The molecule has 2 rings (SSSR count). The number of halogens is 3. The zero-order valence-electron chi connectivity index (χ0n) is 8.45. The summed E-state index contributed by atoms with van der Waals surface area (Å²) < 4.78 is 0. The predicted octanol–water partition coefficient (Wildman–Crippen LogP) is 4.52. The lowest BCUT2D eigenvalue weighted by Gasteiger charge is -2.05. The SMILES string of the molecule is O=Cc1cc(Cl)nc(-c2ccc(Cl)cc2Cl)c1. The van der Waals surface area contributed by atoms with E-state index in [0.717, 1.165) is 0 Å². The highest BCUT2D eigenvalue weighted by Crippen LogP contribution is 2.30. The minimum Gasteiger partial charge on any atom is -0.298 e. The number of hydrogen-bond acceptors (Lipinski definition) is 2. The second-order valence-electron chi connectivity index (χ2n) is 3.35. The lowest BCUT2D eigenvalue weighted by atomic mass is 10.1. The summed E-state index contributed by atoms with van der Waals surface area (Å²) in [6.45, 7) is 0. The molecule has 2 nitrogen and oxygen atoms in total. The Labute approximate surface area is 113 Å². The Bertz CT molecular complexity index is 584. The van der Waals surface area contributed by atoms with Crippen molar-refractivity contribution in [1.29, 1.82) is 0 Å². The van der Waals surface area contributed by atoms with Crippen molar-refractivity contribution in [2.75, 3.05) is 0 Å². The lowest BCUT2D eigenvalue weighted by molar-refractivity contribution is 0.112. The first-order valence-electron chi connectivity index (χ1n) is 4.68. The van der Waals surface area contributed by atoms with Gasteiger partial charge >= 0.3 is 0 Å². The molecule has 0 unspecified atom stereocenters. The number of benzene rings is 1. The Kier molecular flexibility index (Phi) is 3.67. The van der Waals surface area contributed by atoms with E-state index in [0.29, 0.717) is 33.2 Å². The van der Waals surface area contributed by atoms with Gasteiger partial charge in [-0.15, -0.1) is 0 Å². The molecule has 0 spiro atoms. The minimum absolute atomic E-state index is 0.246. The molecule has 0 aliphatic carbocycles. The normalized spacial score (nSPS) is 10.3. The third-order valence-corrected chi connectivity index (χ3v) is 2.90. The molecule has 0 fully saturated rings. The molecule has 86 valence electrons. The van der Waals surface area contributed by atoms with E-state index in [9.17, 15) is 4.79 Å². The zero-order valence-corrected chi connectivity index (χ0v) is 10.7. The van der Waals surface area contributed by atoms with Crippen molar-refractivity contribution in [3.8, 4) is 11.3 Å². The Morgan fingerprint density at radius 3 is 2.47 bits per heavy atom. The standard InChI is InChI=1S/C12H6Cl3NO/c13-8-1-2-9(10(14)5-8)11-3-7(6-17)4-12(15)16-11/h1-6H. The number of hydrogen-bond donors (Lipinski definition) is 0. The van der Waals surface area contributed by atoms with E-state index in [-0.39, 0.29) is 5.15 Å². The zero-order chi connectivity index (χ0) is 12.4. The maximum absolute atomic E-state index is 10.7. The van der Waals surface area contributed by atoms with Crippen LogP contribution in [-0.4, -0.2) is 11.3 Å². The molecular formula is C12H6Cl3NO. The fraction of sp³-hybridized carbons (Fsp3) is 0. The third-order valence-electron chi connectivity index (χ3n) is 2.16. The molecule has 0 saturated carbocycles. The number of pyridine rings is 1. The van der Waals surface area contributed by atoms with Gasteiger partial charge in [-0.1, -0.05) is 34.8 Å². The van der Waals surface area contributed by atoms with E-state index in [4.69, 9.17) is 34.8 Å². The highest BCUT2D eigenvalue weighted by molar-refractivity contribution is 6.36. The van der Waals surface area contributed by atoms with Crippen LogP contribution in [0.15, 0.2) is 30.3 Å². The minimum atomic E-state index is 0.246. The summed E-state index contributed by atoms with van der Waals surface area (Å²) in [6.07, 6.45) is 0.709. The van der Waals surface area contributed by atoms with Gasteiger partial charge in [0.1, 0.15) is 11.4 Å². The van der Waals surface area contributed by atoms with E-state index in [1.165, 1.54) is 6.07 Å². The van der Waals surface area contributed by atoms with E-state index in [1.807, 2.05) is 0 Å². The average Bonchev–Trinajstić information content (AvgIpc) is 2.28. The maximum Gasteiger partial charge on any atom is 0.150 e. The Morgan fingerprint density at radius 1 is 1.06 bits per heavy atom. The largest absolute Gasteiger partial charge is 0.298 e. The molecule has 1 heterocycles. The summed E-state index contributed by atoms with van der Waals surface area (Å²) in [6, 6.07) is 8.15. The third kappa shape index (κ3) is 2.78. The second-order valence-corrected chi connectivity index (χ2v) is 4.58. The van der Waals surface area contributed by atoms with Gasteiger partial charge in [-0.3, -0.25) is 4.79 Å². The van der Waals surface area contributed by atoms with Gasteiger partial charge in [0.15, 0.2) is 0 Å². The summed E-state index contributed by atoms with van der Waals surface area (Å²) in [5, 5.41) is 1.25. The summed E-state index contributed by atoms with van der Waals surface area (Å²) in [7, 11) is 0. The van der Waals surface area contributed by atoms with Crippen molar-refractivity contribution >= 4 is 41.1 Å². The van der Waals surface area contributed by atoms with Crippen molar-refractivity contribution < 1.29 is 4.79 Å². The first kappa shape index (κ1) is 12.4. The first-order chi connectivity index (χ1) is 8.10. The van der Waals surface area contributed by atoms with E-state index in [1.54, 1.807) is 24.3 Å². The van der Waals surface area contributed by atoms with Gasteiger partial charge < -0.3 is 0 Å². The molecule has 0 bridgehead atoms. The molecule has 2 aromatic rings. The van der Waals surface area contributed by atoms with Gasteiger partial charge in [0.2, 0.25) is 0 Å². The topological polar surface area (TPSA) is 30.0 Å². The second kappa shape index (κ2) is 5.05. The molecule has 1 aromatic heterocycles. The summed E-state index contributed by atoms with van der Waals surface area (Å²) in [5.41, 5.74) is 1.67. The Morgan fingerprint density at radius 2 is 1.82 bits per heavy atom. The Hall–Kier alpha value is -1.09. The molecule has 0 aliphatic rings. The van der Waals surface area contributed by atoms with E-state index >= 15 is 0 Å².